The molecule has 0 aliphatic carbocycles. The summed E-state index contributed by atoms with van der Waals surface area (Å²) in [6.45, 7) is 6.24. The van der Waals surface area contributed by atoms with Gasteiger partial charge in [0.15, 0.2) is 0 Å². The Labute approximate surface area is 123 Å². The molecule has 1 aromatic rings. The van der Waals surface area contributed by atoms with E-state index in [0.717, 1.165) is 30.6 Å². The molecule has 0 aromatic heterocycles. The summed E-state index contributed by atoms with van der Waals surface area (Å²) in [5.41, 5.74) is 2.18. The van der Waals surface area contributed by atoms with Crippen molar-refractivity contribution in [3.05, 3.63) is 35.4 Å². The van der Waals surface area contributed by atoms with Crippen LogP contribution in [-0.4, -0.2) is 38.6 Å². The minimum Gasteiger partial charge on any atom is -0.317 e. The van der Waals surface area contributed by atoms with Crippen molar-refractivity contribution in [2.24, 2.45) is 0 Å². The van der Waals surface area contributed by atoms with Gasteiger partial charge in [-0.05, 0) is 44.0 Å². The zero-order valence-corrected chi connectivity index (χ0v) is 13.5. The van der Waals surface area contributed by atoms with Crippen molar-refractivity contribution in [1.82, 2.24) is 9.62 Å². The zero-order valence-electron chi connectivity index (χ0n) is 12.7. The summed E-state index contributed by atoms with van der Waals surface area (Å²) < 4.78 is 25.8. The molecule has 1 rings (SSSR count). The van der Waals surface area contributed by atoms with Crippen molar-refractivity contribution in [2.45, 2.75) is 33.2 Å². The second-order valence-corrected chi connectivity index (χ2v) is 7.30. The number of aryl methyl sites for hydroxylation is 1. The number of benzene rings is 1. The number of rotatable bonds is 9. The monoisotopic (exact) mass is 298 g/mol. The number of hydrogen-bond donors (Lipinski definition) is 1. The Morgan fingerprint density at radius 2 is 1.90 bits per heavy atom. The molecule has 0 unspecified atom stereocenters. The minimum absolute atomic E-state index is 0.200. The van der Waals surface area contributed by atoms with Gasteiger partial charge >= 0.3 is 0 Å². The molecule has 0 heterocycles. The van der Waals surface area contributed by atoms with E-state index in [1.807, 2.05) is 31.2 Å². The molecule has 0 saturated carbocycles. The van der Waals surface area contributed by atoms with Gasteiger partial charge in [-0.1, -0.05) is 31.2 Å². The van der Waals surface area contributed by atoms with Crippen LogP contribution >= 0.6 is 0 Å². The van der Waals surface area contributed by atoms with E-state index >= 15 is 0 Å². The molecule has 0 aliphatic rings. The van der Waals surface area contributed by atoms with Crippen molar-refractivity contribution in [2.75, 3.05) is 25.9 Å². The highest BCUT2D eigenvalue weighted by molar-refractivity contribution is 7.89. The highest BCUT2D eigenvalue weighted by Crippen LogP contribution is 2.12. The van der Waals surface area contributed by atoms with Gasteiger partial charge < -0.3 is 5.32 Å². The predicted octanol–water partition coefficient (Wildman–Crippen LogP) is 2.15. The first-order valence-corrected chi connectivity index (χ1v) is 8.77. The highest BCUT2D eigenvalue weighted by atomic mass is 32.2. The summed E-state index contributed by atoms with van der Waals surface area (Å²) in [7, 11) is -1.52. The molecule has 0 saturated heterocycles. The normalized spacial score (nSPS) is 12.0. The number of nitrogens with zero attached hydrogens (tertiary/aromatic N) is 1. The van der Waals surface area contributed by atoms with Crippen LogP contribution in [0.25, 0.3) is 0 Å². The van der Waals surface area contributed by atoms with Gasteiger partial charge in [0, 0.05) is 13.6 Å². The molecule has 0 aliphatic heterocycles. The lowest BCUT2D eigenvalue weighted by atomic mass is 10.1. The molecule has 20 heavy (non-hydrogen) atoms. The lowest BCUT2D eigenvalue weighted by Gasteiger charge is -2.18. The summed E-state index contributed by atoms with van der Waals surface area (Å²) in [4.78, 5) is 0. The highest BCUT2D eigenvalue weighted by Gasteiger charge is 2.17. The number of sulfonamides is 1. The second-order valence-electron chi connectivity index (χ2n) is 5.10. The number of hydrogen-bond acceptors (Lipinski definition) is 3. The molecule has 0 atom stereocenters. The Morgan fingerprint density at radius 1 is 1.20 bits per heavy atom. The second kappa shape index (κ2) is 8.39. The standard InChI is InChI=1S/C15H26N2O2S/c1-4-10-16-11-7-12-20(18,19)17(3)13-15-9-6-5-8-14(15)2/h5-6,8-9,16H,4,7,10-13H2,1-3H3. The van der Waals surface area contributed by atoms with Gasteiger partial charge in [0.05, 0.1) is 5.75 Å². The van der Waals surface area contributed by atoms with E-state index in [1.165, 1.54) is 4.31 Å². The van der Waals surface area contributed by atoms with E-state index in [4.69, 9.17) is 0 Å². The van der Waals surface area contributed by atoms with Crippen molar-refractivity contribution in [3.63, 3.8) is 0 Å². The molecule has 0 radical (unpaired) electrons. The summed E-state index contributed by atoms with van der Waals surface area (Å²) >= 11 is 0. The zero-order chi connectivity index (χ0) is 15.0. The maximum atomic E-state index is 12.2. The third-order valence-corrected chi connectivity index (χ3v) is 5.20. The number of nitrogens with one attached hydrogen (secondary N) is 1. The van der Waals surface area contributed by atoms with Gasteiger partial charge in [-0.15, -0.1) is 0 Å². The van der Waals surface area contributed by atoms with Crippen LogP contribution in [0.3, 0.4) is 0 Å². The van der Waals surface area contributed by atoms with Gasteiger partial charge in [-0.2, -0.15) is 0 Å². The Morgan fingerprint density at radius 3 is 2.55 bits per heavy atom. The molecule has 5 heteroatoms. The van der Waals surface area contributed by atoms with Gasteiger partial charge in [0.2, 0.25) is 10.0 Å². The van der Waals surface area contributed by atoms with E-state index < -0.39 is 10.0 Å². The molecule has 0 spiro atoms. The van der Waals surface area contributed by atoms with Gasteiger partial charge in [-0.25, -0.2) is 12.7 Å². The smallest absolute Gasteiger partial charge is 0.214 e. The van der Waals surface area contributed by atoms with Crippen molar-refractivity contribution in [1.29, 1.82) is 0 Å². The molecule has 0 fully saturated rings. The fraction of sp³-hybridized carbons (Fsp3) is 0.600. The molecule has 1 N–H and O–H groups in total. The fourth-order valence-corrected chi connectivity index (χ4v) is 3.12. The van der Waals surface area contributed by atoms with Crippen molar-refractivity contribution >= 4 is 10.0 Å². The molecular weight excluding hydrogens is 272 g/mol. The summed E-state index contributed by atoms with van der Waals surface area (Å²) in [6, 6.07) is 7.89. The molecule has 1 aromatic carbocycles. The third kappa shape index (κ3) is 5.61. The van der Waals surface area contributed by atoms with Crippen LogP contribution in [0, 0.1) is 6.92 Å². The Kier molecular flexibility index (Phi) is 7.19. The van der Waals surface area contributed by atoms with E-state index in [0.29, 0.717) is 13.0 Å². The van der Waals surface area contributed by atoms with E-state index in [9.17, 15) is 8.42 Å². The molecule has 0 amide bonds. The van der Waals surface area contributed by atoms with Gasteiger partial charge in [0.1, 0.15) is 0 Å². The van der Waals surface area contributed by atoms with E-state index in [-0.39, 0.29) is 5.75 Å². The first-order chi connectivity index (χ1) is 9.47. The lowest BCUT2D eigenvalue weighted by molar-refractivity contribution is 0.463. The van der Waals surface area contributed by atoms with Crippen LogP contribution in [0.1, 0.15) is 30.9 Å². The summed E-state index contributed by atoms with van der Waals surface area (Å²) in [6.07, 6.45) is 1.72. The van der Waals surface area contributed by atoms with Crippen molar-refractivity contribution in [3.8, 4) is 0 Å². The van der Waals surface area contributed by atoms with Crippen LogP contribution in [0.15, 0.2) is 24.3 Å². The van der Waals surface area contributed by atoms with Gasteiger partial charge in [0.25, 0.3) is 0 Å². The maximum Gasteiger partial charge on any atom is 0.214 e. The molecule has 4 nitrogen and oxygen atoms in total. The van der Waals surface area contributed by atoms with Crippen LogP contribution < -0.4 is 5.32 Å². The Bertz CT molecular complexity index is 500. The first-order valence-electron chi connectivity index (χ1n) is 7.16. The van der Waals surface area contributed by atoms with Crippen LogP contribution in [0.2, 0.25) is 0 Å². The SMILES string of the molecule is CCCNCCCS(=O)(=O)N(C)Cc1ccccc1C. The molecule has 114 valence electrons. The van der Waals surface area contributed by atoms with E-state index in [2.05, 4.69) is 12.2 Å². The maximum absolute atomic E-state index is 12.2. The fourth-order valence-electron chi connectivity index (χ4n) is 1.96. The van der Waals surface area contributed by atoms with E-state index in [1.54, 1.807) is 7.05 Å². The summed E-state index contributed by atoms with van der Waals surface area (Å²) in [5.74, 6) is 0.200. The Hall–Kier alpha value is -0.910. The minimum atomic E-state index is -3.17. The average molecular weight is 298 g/mol. The summed E-state index contributed by atoms with van der Waals surface area (Å²) in [5, 5.41) is 3.22. The van der Waals surface area contributed by atoms with Gasteiger partial charge in [-0.3, -0.25) is 0 Å². The quantitative estimate of drug-likeness (QED) is 0.711. The molecular formula is C15H26N2O2S. The third-order valence-electron chi connectivity index (χ3n) is 3.31. The van der Waals surface area contributed by atoms with Crippen LogP contribution in [-0.2, 0) is 16.6 Å². The van der Waals surface area contributed by atoms with Crippen LogP contribution in [0.5, 0.6) is 0 Å². The topological polar surface area (TPSA) is 49.4 Å². The lowest BCUT2D eigenvalue weighted by Crippen LogP contribution is -2.30. The van der Waals surface area contributed by atoms with Crippen LogP contribution in [0.4, 0.5) is 0 Å². The largest absolute Gasteiger partial charge is 0.317 e. The first kappa shape index (κ1) is 17.1. The van der Waals surface area contributed by atoms with Crippen molar-refractivity contribution < 1.29 is 8.42 Å². The predicted molar refractivity (Wildman–Crippen MR) is 84.2 cm³/mol. The average Bonchev–Trinajstić information content (AvgIpc) is 2.41. The Balaban J connectivity index is 2.48. The molecule has 0 bridgehead atoms.